The Morgan fingerprint density at radius 2 is 1.74 bits per heavy atom. The van der Waals surface area contributed by atoms with E-state index in [1.54, 1.807) is 0 Å². The molecular formula is C25H38N2O3S. The lowest BCUT2D eigenvalue weighted by Gasteiger charge is -2.29. The molecule has 0 bridgehead atoms. The number of carbonyl (C=O) groups excluding carboxylic acids is 1. The van der Waals surface area contributed by atoms with Crippen LogP contribution in [0.4, 0.5) is 5.69 Å². The summed E-state index contributed by atoms with van der Waals surface area (Å²) in [7, 11) is -3.07. The molecule has 31 heavy (non-hydrogen) atoms. The molecule has 1 aromatic rings. The fraction of sp³-hybridized carbons (Fsp3) is 0.640. The van der Waals surface area contributed by atoms with Gasteiger partial charge in [-0.3, -0.25) is 4.79 Å². The van der Waals surface area contributed by atoms with E-state index in [0.29, 0.717) is 13.0 Å². The van der Waals surface area contributed by atoms with Gasteiger partial charge in [-0.1, -0.05) is 37.6 Å². The smallest absolute Gasteiger partial charge is 0.227 e. The molecule has 1 saturated carbocycles. The molecule has 172 valence electrons. The fourth-order valence-corrected chi connectivity index (χ4v) is 6.73. The van der Waals surface area contributed by atoms with Crippen LogP contribution in [0.5, 0.6) is 0 Å². The number of carbonyl (C=O) groups is 1. The highest BCUT2D eigenvalue weighted by Gasteiger charge is 2.61. The van der Waals surface area contributed by atoms with E-state index < -0.39 is 9.84 Å². The molecule has 0 unspecified atom stereocenters. The molecule has 5 nitrogen and oxygen atoms in total. The summed E-state index contributed by atoms with van der Waals surface area (Å²) in [6, 6.07) is 8.11. The van der Waals surface area contributed by atoms with Crippen LogP contribution in [0.15, 0.2) is 35.9 Å². The van der Waals surface area contributed by atoms with Crippen molar-refractivity contribution in [3.8, 4) is 0 Å². The van der Waals surface area contributed by atoms with E-state index in [2.05, 4.69) is 76.8 Å². The average molecular weight is 447 g/mol. The highest BCUT2D eigenvalue weighted by Crippen LogP contribution is 2.60. The van der Waals surface area contributed by atoms with Crippen molar-refractivity contribution >= 4 is 21.4 Å². The van der Waals surface area contributed by atoms with Gasteiger partial charge in [-0.2, -0.15) is 0 Å². The number of allylic oxidation sites excluding steroid dienone is 2. The first-order chi connectivity index (χ1) is 14.5. The maximum absolute atomic E-state index is 13.7. The zero-order valence-corrected chi connectivity index (χ0v) is 20.7. The lowest BCUT2D eigenvalue weighted by atomic mass is 10.1. The van der Waals surface area contributed by atoms with Crippen LogP contribution in [0.2, 0.25) is 0 Å². The number of hydrogen-bond acceptors (Lipinski definition) is 4. The first-order valence-corrected chi connectivity index (χ1v) is 13.3. The van der Waals surface area contributed by atoms with Gasteiger partial charge in [0.25, 0.3) is 0 Å². The van der Waals surface area contributed by atoms with Crippen LogP contribution in [0, 0.1) is 17.3 Å². The third-order valence-electron chi connectivity index (χ3n) is 7.04. The minimum Gasteiger partial charge on any atom is -0.372 e. The van der Waals surface area contributed by atoms with Crippen LogP contribution in [0.1, 0.15) is 53.5 Å². The van der Waals surface area contributed by atoms with Crippen molar-refractivity contribution in [3.63, 3.8) is 0 Å². The number of amides is 1. The van der Waals surface area contributed by atoms with Gasteiger partial charge in [0, 0.05) is 31.4 Å². The van der Waals surface area contributed by atoms with Crippen LogP contribution in [0.25, 0.3) is 0 Å². The average Bonchev–Trinajstić information content (AvgIpc) is 3.02. The second-order valence-corrected chi connectivity index (χ2v) is 12.2. The molecule has 1 aliphatic carbocycles. The van der Waals surface area contributed by atoms with Gasteiger partial charge in [0.15, 0.2) is 9.84 Å². The summed E-state index contributed by atoms with van der Waals surface area (Å²) < 4.78 is 24.4. The van der Waals surface area contributed by atoms with Gasteiger partial charge in [0.1, 0.15) is 0 Å². The van der Waals surface area contributed by atoms with Gasteiger partial charge in [-0.25, -0.2) is 8.42 Å². The maximum Gasteiger partial charge on any atom is 0.227 e. The standard InChI is InChI=1S/C25H38N2O3S/c1-7-26(8-2)20-11-9-19(10-12-20)16-27(21-13-14-31(29,30)17-21)24(28)23-22(15-18(3)4)25(23,5)6/h9-12,15,21-23H,7-8,13-14,16-17H2,1-6H3/t21-,22-,23+/m0/s1. The molecule has 0 aromatic heterocycles. The normalized spacial score (nSPS) is 25.7. The predicted octanol–water partition coefficient (Wildman–Crippen LogP) is 4.29. The Kier molecular flexibility index (Phi) is 6.90. The lowest BCUT2D eigenvalue weighted by Crippen LogP contribution is -2.42. The van der Waals surface area contributed by atoms with Gasteiger partial charge in [-0.05, 0) is 63.1 Å². The zero-order valence-electron chi connectivity index (χ0n) is 19.9. The summed E-state index contributed by atoms with van der Waals surface area (Å²) >= 11 is 0. The van der Waals surface area contributed by atoms with Gasteiger partial charge in [-0.15, -0.1) is 0 Å². The van der Waals surface area contributed by atoms with Gasteiger partial charge >= 0.3 is 0 Å². The van der Waals surface area contributed by atoms with Crippen molar-refractivity contribution in [2.24, 2.45) is 17.3 Å². The molecule has 0 spiro atoms. The number of rotatable bonds is 8. The molecule has 1 aliphatic heterocycles. The summed E-state index contributed by atoms with van der Waals surface area (Å²) in [4.78, 5) is 17.8. The van der Waals surface area contributed by atoms with Crippen LogP contribution in [0.3, 0.4) is 0 Å². The number of hydrogen-bond donors (Lipinski definition) is 0. The SMILES string of the molecule is CCN(CC)c1ccc(CN(C(=O)[C@H]2[C@H](C=C(C)C)C2(C)C)[C@H]2CCS(=O)(=O)C2)cc1. The molecule has 6 heteroatoms. The summed E-state index contributed by atoms with van der Waals surface area (Å²) in [5, 5.41) is 0. The van der Waals surface area contributed by atoms with Crippen molar-refractivity contribution in [3.05, 3.63) is 41.5 Å². The maximum atomic E-state index is 13.7. The quantitative estimate of drug-likeness (QED) is 0.559. The molecule has 0 radical (unpaired) electrons. The molecule has 3 rings (SSSR count). The third-order valence-corrected chi connectivity index (χ3v) is 8.79. The van der Waals surface area contributed by atoms with E-state index >= 15 is 0 Å². The number of sulfone groups is 1. The van der Waals surface area contributed by atoms with Crippen LogP contribution < -0.4 is 4.90 Å². The molecule has 1 amide bonds. The Hall–Kier alpha value is -1.82. The monoisotopic (exact) mass is 446 g/mol. The van der Waals surface area contributed by atoms with E-state index in [1.807, 2.05) is 4.90 Å². The minimum absolute atomic E-state index is 0.0801. The van der Waals surface area contributed by atoms with E-state index in [1.165, 1.54) is 11.3 Å². The predicted molar refractivity (Wildman–Crippen MR) is 128 cm³/mol. The highest BCUT2D eigenvalue weighted by atomic mass is 32.2. The summed E-state index contributed by atoms with van der Waals surface area (Å²) in [5.74, 6) is 0.489. The Morgan fingerprint density at radius 3 is 2.23 bits per heavy atom. The molecule has 0 N–H and O–H groups in total. The molecular weight excluding hydrogens is 408 g/mol. The first kappa shape index (κ1) is 23.8. The van der Waals surface area contributed by atoms with E-state index in [4.69, 9.17) is 0 Å². The topological polar surface area (TPSA) is 57.7 Å². The molecule has 2 fully saturated rings. The van der Waals surface area contributed by atoms with E-state index in [0.717, 1.165) is 18.7 Å². The van der Waals surface area contributed by atoms with Gasteiger partial charge in [0.2, 0.25) is 5.91 Å². The summed E-state index contributed by atoms with van der Waals surface area (Å²) in [6.07, 6.45) is 2.73. The summed E-state index contributed by atoms with van der Waals surface area (Å²) in [5.41, 5.74) is 3.35. The first-order valence-electron chi connectivity index (χ1n) is 11.5. The molecule has 1 heterocycles. The summed E-state index contributed by atoms with van der Waals surface area (Å²) in [6.45, 7) is 15.0. The number of nitrogens with zero attached hydrogens (tertiary/aromatic N) is 2. The van der Waals surface area contributed by atoms with Crippen LogP contribution >= 0.6 is 0 Å². The van der Waals surface area contributed by atoms with Gasteiger partial charge < -0.3 is 9.80 Å². The second-order valence-electron chi connectivity index (χ2n) is 9.93. The van der Waals surface area contributed by atoms with Crippen molar-refractivity contribution in [2.75, 3.05) is 29.5 Å². The molecule has 1 saturated heterocycles. The Labute approximate surface area is 188 Å². The van der Waals surface area contributed by atoms with Crippen molar-refractivity contribution in [1.29, 1.82) is 0 Å². The van der Waals surface area contributed by atoms with E-state index in [9.17, 15) is 13.2 Å². The van der Waals surface area contributed by atoms with Crippen LogP contribution in [-0.4, -0.2) is 49.9 Å². The van der Waals surface area contributed by atoms with Crippen molar-refractivity contribution in [2.45, 2.75) is 60.5 Å². The second kappa shape index (κ2) is 8.97. The molecule has 1 aromatic carbocycles. The largest absolute Gasteiger partial charge is 0.372 e. The Bertz CT molecular complexity index is 926. The minimum atomic E-state index is -3.07. The number of anilines is 1. The number of benzene rings is 1. The lowest BCUT2D eigenvalue weighted by molar-refractivity contribution is -0.136. The third kappa shape index (κ3) is 5.16. The molecule has 3 atom stereocenters. The van der Waals surface area contributed by atoms with Crippen LogP contribution in [-0.2, 0) is 21.2 Å². The Morgan fingerprint density at radius 1 is 1.13 bits per heavy atom. The highest BCUT2D eigenvalue weighted by molar-refractivity contribution is 7.91. The van der Waals surface area contributed by atoms with Crippen molar-refractivity contribution in [1.82, 2.24) is 4.90 Å². The fourth-order valence-electron chi connectivity index (χ4n) is 5.00. The van der Waals surface area contributed by atoms with E-state index in [-0.39, 0.29) is 40.7 Å². The molecule has 2 aliphatic rings. The Balaban J connectivity index is 1.84. The van der Waals surface area contributed by atoms with Gasteiger partial charge in [0.05, 0.1) is 17.4 Å². The van der Waals surface area contributed by atoms with Crippen molar-refractivity contribution < 1.29 is 13.2 Å². The zero-order chi connectivity index (χ0) is 23.0.